The van der Waals surface area contributed by atoms with E-state index < -0.39 is 36.8 Å². The fourth-order valence-electron chi connectivity index (χ4n) is 0.522. The molecule has 0 aliphatic heterocycles. The van der Waals surface area contributed by atoms with Crippen LogP contribution in [0.25, 0.3) is 0 Å². The van der Waals surface area contributed by atoms with Crippen molar-refractivity contribution in [1.82, 2.24) is 0 Å². The van der Waals surface area contributed by atoms with Crippen molar-refractivity contribution in [3.05, 3.63) is 24.8 Å². The second-order valence-corrected chi connectivity index (χ2v) is 3.45. The molecule has 0 fully saturated rings. The fraction of sp³-hybridized carbons (Fsp3) is 0.455. The molecular weight excluding hydrogens is 310 g/mol. The molecule has 1 N–H and O–H groups in total. The summed E-state index contributed by atoms with van der Waals surface area (Å²) in [5, 5.41) is 7.89. The average molecular weight is 322 g/mol. The molecule has 0 saturated carbocycles. The predicted molar refractivity (Wildman–Crippen MR) is 59.5 cm³/mol. The van der Waals surface area contributed by atoms with E-state index in [0.29, 0.717) is 6.08 Å². The van der Waals surface area contributed by atoms with Gasteiger partial charge in [0.15, 0.2) is 0 Å². The summed E-state index contributed by atoms with van der Waals surface area (Å²) >= 11 is 0. The van der Waals surface area contributed by atoms with E-state index in [-0.39, 0.29) is 5.57 Å². The number of carbonyl (C=O) groups is 2. The summed E-state index contributed by atoms with van der Waals surface area (Å²) < 4.78 is 75.7. The van der Waals surface area contributed by atoms with Crippen molar-refractivity contribution in [2.24, 2.45) is 0 Å². The van der Waals surface area contributed by atoms with Gasteiger partial charge in [-0.1, -0.05) is 13.2 Å². The van der Waals surface area contributed by atoms with Gasteiger partial charge in [0.1, 0.15) is 0 Å². The van der Waals surface area contributed by atoms with E-state index >= 15 is 0 Å². The second kappa shape index (κ2) is 9.03. The molecule has 0 spiro atoms. The molecule has 2 unspecified atom stereocenters. The number of ether oxygens (including phenoxy) is 1. The van der Waals surface area contributed by atoms with Gasteiger partial charge in [0.05, 0.1) is 0 Å². The lowest BCUT2D eigenvalue weighted by molar-refractivity contribution is -0.236. The number of rotatable bonds is 6. The maximum atomic E-state index is 12.4. The summed E-state index contributed by atoms with van der Waals surface area (Å²) in [4.78, 5) is 19.8. The summed E-state index contributed by atoms with van der Waals surface area (Å²) in [6, 6.07) is 0. The summed E-state index contributed by atoms with van der Waals surface area (Å²) in [6.45, 7) is 7.35. The normalized spacial score (nSPS) is 13.5. The van der Waals surface area contributed by atoms with Gasteiger partial charge in [-0.2, -0.15) is 13.2 Å². The summed E-state index contributed by atoms with van der Waals surface area (Å²) in [7, 11) is 0. The molecule has 4 nitrogen and oxygen atoms in total. The molecule has 0 bridgehead atoms. The van der Waals surface area contributed by atoms with Crippen LogP contribution in [0.3, 0.4) is 0 Å². The smallest absolute Gasteiger partial charge is 0.349 e. The highest BCUT2D eigenvalue weighted by Crippen LogP contribution is 2.32. The van der Waals surface area contributed by atoms with Gasteiger partial charge in [-0.15, -0.1) is 0 Å². The van der Waals surface area contributed by atoms with Gasteiger partial charge in [-0.25, -0.2) is 22.8 Å². The molecule has 0 aromatic heterocycles. The van der Waals surface area contributed by atoms with Gasteiger partial charge in [-0.05, 0) is 6.92 Å². The summed E-state index contributed by atoms with van der Waals surface area (Å²) in [6.07, 6.45) is -11.6. The van der Waals surface area contributed by atoms with E-state index in [1.54, 1.807) is 0 Å². The highest BCUT2D eigenvalue weighted by molar-refractivity contribution is 5.84. The number of carboxylic acids is 1. The number of hydrogen-bond donors (Lipinski definition) is 1. The monoisotopic (exact) mass is 322 g/mol. The standard InChI is InChI=1S/C7H6F6O2.C4H6O2/c1-2-3(14)15-6(11)7(12,13)4(8)5(9)10;1-3(2)4(5)6/h2,4-6H,1H2;1H2,2H3,(H,5,6). The highest BCUT2D eigenvalue weighted by Gasteiger charge is 2.55. The van der Waals surface area contributed by atoms with Gasteiger partial charge in [0.2, 0.25) is 6.17 Å². The predicted octanol–water partition coefficient (Wildman–Crippen LogP) is 2.90. The van der Waals surface area contributed by atoms with Gasteiger partial charge in [-0.3, -0.25) is 0 Å². The van der Waals surface area contributed by atoms with Crippen LogP contribution < -0.4 is 0 Å². The summed E-state index contributed by atoms with van der Waals surface area (Å²) in [5.41, 5.74) is 0.176. The molecule has 0 rings (SSSR count). The zero-order valence-corrected chi connectivity index (χ0v) is 10.7. The van der Waals surface area contributed by atoms with Crippen LogP contribution in [-0.4, -0.2) is 41.9 Å². The van der Waals surface area contributed by atoms with Crippen molar-refractivity contribution in [3.63, 3.8) is 0 Å². The van der Waals surface area contributed by atoms with Crippen molar-refractivity contribution in [2.75, 3.05) is 0 Å². The topological polar surface area (TPSA) is 63.6 Å². The maximum absolute atomic E-state index is 12.4. The Morgan fingerprint density at radius 2 is 1.62 bits per heavy atom. The van der Waals surface area contributed by atoms with Crippen molar-refractivity contribution >= 4 is 11.9 Å². The van der Waals surface area contributed by atoms with E-state index in [1.165, 1.54) is 6.92 Å². The SMILES string of the molecule is C=C(C)C(=O)O.C=CC(=O)OC(F)C(F)(F)C(F)C(F)F. The molecule has 0 aromatic rings. The molecule has 0 aliphatic carbocycles. The quantitative estimate of drug-likeness (QED) is 0.464. The maximum Gasteiger partial charge on any atom is 0.349 e. The zero-order chi connectivity index (χ0) is 17.4. The Morgan fingerprint density at radius 3 is 1.86 bits per heavy atom. The Labute approximate surface area is 115 Å². The van der Waals surface area contributed by atoms with Gasteiger partial charge < -0.3 is 9.84 Å². The van der Waals surface area contributed by atoms with Crippen LogP contribution >= 0.6 is 0 Å². The highest BCUT2D eigenvalue weighted by atomic mass is 19.3. The molecule has 122 valence electrons. The van der Waals surface area contributed by atoms with E-state index in [0.717, 1.165) is 0 Å². The van der Waals surface area contributed by atoms with Crippen molar-refractivity contribution in [3.8, 4) is 0 Å². The minimum absolute atomic E-state index is 0.176. The number of hydrogen-bond acceptors (Lipinski definition) is 3. The van der Waals surface area contributed by atoms with Crippen LogP contribution in [0.5, 0.6) is 0 Å². The first-order chi connectivity index (χ1) is 9.37. The van der Waals surface area contributed by atoms with Crippen molar-refractivity contribution < 1.29 is 45.8 Å². The van der Waals surface area contributed by atoms with Gasteiger partial charge >= 0.3 is 24.2 Å². The third-order valence-corrected chi connectivity index (χ3v) is 1.64. The third-order valence-electron chi connectivity index (χ3n) is 1.64. The Kier molecular flexibility index (Phi) is 9.16. The molecule has 0 heterocycles. The number of carboxylic acid groups (broad SMARTS) is 1. The Hall–Kier alpha value is -2.00. The van der Waals surface area contributed by atoms with Crippen LogP contribution in [0, 0.1) is 0 Å². The zero-order valence-electron chi connectivity index (χ0n) is 10.7. The average Bonchev–Trinajstić information content (AvgIpc) is 2.37. The van der Waals surface area contributed by atoms with Crippen LogP contribution in [0.15, 0.2) is 24.8 Å². The van der Waals surface area contributed by atoms with Crippen LogP contribution in [-0.2, 0) is 14.3 Å². The van der Waals surface area contributed by atoms with Crippen LogP contribution in [0.2, 0.25) is 0 Å². The minimum atomic E-state index is -5.10. The van der Waals surface area contributed by atoms with Crippen molar-refractivity contribution in [2.45, 2.75) is 31.8 Å². The lowest BCUT2D eigenvalue weighted by atomic mass is 10.2. The Balaban J connectivity index is 0. The molecule has 2 atom stereocenters. The molecule has 0 aliphatic rings. The lowest BCUT2D eigenvalue weighted by Crippen LogP contribution is -2.45. The number of alkyl halides is 6. The molecule has 0 radical (unpaired) electrons. The third kappa shape index (κ3) is 8.00. The molecule has 0 saturated heterocycles. The first-order valence-electron chi connectivity index (χ1n) is 5.03. The molecule has 10 heteroatoms. The first-order valence-corrected chi connectivity index (χ1v) is 5.03. The van der Waals surface area contributed by atoms with Crippen LogP contribution in [0.4, 0.5) is 26.3 Å². The van der Waals surface area contributed by atoms with E-state index in [4.69, 9.17) is 5.11 Å². The largest absolute Gasteiger partial charge is 0.478 e. The van der Waals surface area contributed by atoms with E-state index in [1.807, 2.05) is 0 Å². The lowest BCUT2D eigenvalue weighted by Gasteiger charge is -2.22. The first kappa shape index (κ1) is 21.3. The van der Waals surface area contributed by atoms with Gasteiger partial charge in [0, 0.05) is 11.6 Å². The Morgan fingerprint density at radius 1 is 1.24 bits per heavy atom. The minimum Gasteiger partial charge on any atom is -0.478 e. The number of esters is 1. The number of halogens is 6. The van der Waals surface area contributed by atoms with Crippen LogP contribution in [0.1, 0.15) is 6.92 Å². The van der Waals surface area contributed by atoms with E-state index in [9.17, 15) is 35.9 Å². The number of aliphatic carboxylic acids is 1. The second-order valence-electron chi connectivity index (χ2n) is 3.45. The Bertz CT molecular complexity index is 384. The fourth-order valence-corrected chi connectivity index (χ4v) is 0.522. The molecule has 0 amide bonds. The van der Waals surface area contributed by atoms with E-state index in [2.05, 4.69) is 17.9 Å². The molecule has 21 heavy (non-hydrogen) atoms. The van der Waals surface area contributed by atoms with Crippen molar-refractivity contribution in [1.29, 1.82) is 0 Å². The molecular formula is C11H12F6O4. The van der Waals surface area contributed by atoms with Gasteiger partial charge in [0.25, 0.3) is 6.43 Å². The number of carbonyl (C=O) groups excluding carboxylic acids is 1. The molecule has 0 aromatic carbocycles. The summed E-state index contributed by atoms with van der Waals surface area (Å²) in [5.74, 6) is -7.65.